The van der Waals surface area contributed by atoms with Crippen LogP contribution in [0.4, 0.5) is 11.9 Å². The second-order valence-corrected chi connectivity index (χ2v) is 5.00. The van der Waals surface area contributed by atoms with Crippen molar-refractivity contribution in [2.45, 2.75) is 25.4 Å². The number of nitrogens with one attached hydrogen (secondary N) is 1. The van der Waals surface area contributed by atoms with Gasteiger partial charge >= 0.3 is 0 Å². The molecule has 18 heavy (non-hydrogen) atoms. The van der Waals surface area contributed by atoms with Crippen LogP contribution in [0.2, 0.25) is 5.28 Å². The van der Waals surface area contributed by atoms with Crippen LogP contribution in [-0.2, 0) is 4.74 Å². The Labute approximate surface area is 112 Å². The van der Waals surface area contributed by atoms with E-state index in [0.29, 0.717) is 11.9 Å². The van der Waals surface area contributed by atoms with E-state index in [9.17, 15) is 0 Å². The molecule has 1 aromatic rings. The van der Waals surface area contributed by atoms with Crippen LogP contribution in [0.15, 0.2) is 0 Å². The van der Waals surface area contributed by atoms with E-state index in [1.807, 2.05) is 0 Å². The molecule has 1 aliphatic rings. The quantitative estimate of drug-likeness (QED) is 0.900. The molecule has 0 spiro atoms. The molecule has 0 aliphatic carbocycles. The van der Waals surface area contributed by atoms with E-state index in [4.69, 9.17) is 16.3 Å². The summed E-state index contributed by atoms with van der Waals surface area (Å²) in [5, 5.41) is 3.08. The van der Waals surface area contributed by atoms with E-state index in [2.05, 4.69) is 32.1 Å². The number of halogens is 1. The van der Waals surface area contributed by atoms with Crippen molar-refractivity contribution in [1.29, 1.82) is 0 Å². The first-order valence-electron chi connectivity index (χ1n) is 5.96. The Balaban J connectivity index is 2.23. The van der Waals surface area contributed by atoms with Gasteiger partial charge < -0.3 is 15.0 Å². The van der Waals surface area contributed by atoms with Crippen molar-refractivity contribution in [2.75, 3.05) is 37.5 Å². The van der Waals surface area contributed by atoms with E-state index in [1.165, 1.54) is 0 Å². The predicted molar refractivity (Wildman–Crippen MR) is 71.2 cm³/mol. The summed E-state index contributed by atoms with van der Waals surface area (Å²) in [6.07, 6.45) is 2.08. The van der Waals surface area contributed by atoms with E-state index >= 15 is 0 Å². The molecule has 1 atom stereocenters. The third-order valence-corrected chi connectivity index (χ3v) is 3.42. The summed E-state index contributed by atoms with van der Waals surface area (Å²) in [7, 11) is 3.49. The van der Waals surface area contributed by atoms with Crippen molar-refractivity contribution in [2.24, 2.45) is 0 Å². The minimum Gasteiger partial charge on any atom is -0.377 e. The lowest BCUT2D eigenvalue weighted by Gasteiger charge is -2.39. The number of hydrogen-bond donors (Lipinski definition) is 1. The molecule has 1 N–H and O–H groups in total. The standard InChI is InChI=1S/C11H18ClN5O/c1-11(18-3)5-4-6-17(7-11)10-15-8(12)14-9(13-2)16-10/h4-7H2,1-3H3,(H,13,14,15,16). The first-order chi connectivity index (χ1) is 8.56. The number of methoxy groups -OCH3 is 1. The van der Waals surface area contributed by atoms with Gasteiger partial charge in [-0.3, -0.25) is 0 Å². The highest BCUT2D eigenvalue weighted by atomic mass is 35.5. The molecule has 0 aromatic carbocycles. The zero-order valence-electron chi connectivity index (χ0n) is 10.9. The van der Waals surface area contributed by atoms with Crippen molar-refractivity contribution in [3.05, 3.63) is 5.28 Å². The lowest BCUT2D eigenvalue weighted by molar-refractivity contribution is -0.00499. The Hall–Kier alpha value is -1.14. The Morgan fingerprint density at radius 1 is 1.39 bits per heavy atom. The molecule has 0 amide bonds. The molecule has 0 bridgehead atoms. The fourth-order valence-corrected chi connectivity index (χ4v) is 2.29. The van der Waals surface area contributed by atoms with E-state index in [0.717, 1.165) is 25.9 Å². The number of anilines is 2. The van der Waals surface area contributed by atoms with Gasteiger partial charge in [-0.05, 0) is 31.4 Å². The van der Waals surface area contributed by atoms with Crippen LogP contribution in [0.1, 0.15) is 19.8 Å². The first-order valence-corrected chi connectivity index (χ1v) is 6.33. The normalized spacial score (nSPS) is 24.1. The highest BCUT2D eigenvalue weighted by molar-refractivity contribution is 6.28. The average molecular weight is 272 g/mol. The molecular weight excluding hydrogens is 254 g/mol. The zero-order valence-corrected chi connectivity index (χ0v) is 11.7. The van der Waals surface area contributed by atoms with Crippen LogP contribution in [0.5, 0.6) is 0 Å². The van der Waals surface area contributed by atoms with E-state index in [-0.39, 0.29) is 10.9 Å². The van der Waals surface area contributed by atoms with Gasteiger partial charge in [-0.1, -0.05) is 0 Å². The molecule has 0 radical (unpaired) electrons. The topological polar surface area (TPSA) is 63.2 Å². The molecule has 100 valence electrons. The van der Waals surface area contributed by atoms with Crippen molar-refractivity contribution in [3.8, 4) is 0 Å². The lowest BCUT2D eigenvalue weighted by atomic mass is 9.95. The maximum absolute atomic E-state index is 5.89. The minimum atomic E-state index is -0.156. The van der Waals surface area contributed by atoms with Gasteiger partial charge in [0, 0.05) is 27.2 Å². The molecule has 1 unspecified atom stereocenters. The third-order valence-electron chi connectivity index (χ3n) is 3.25. The summed E-state index contributed by atoms with van der Waals surface area (Å²) in [6, 6.07) is 0. The van der Waals surface area contributed by atoms with Gasteiger partial charge in [0.1, 0.15) is 0 Å². The van der Waals surface area contributed by atoms with Crippen LogP contribution >= 0.6 is 11.6 Å². The van der Waals surface area contributed by atoms with Gasteiger partial charge in [-0.2, -0.15) is 15.0 Å². The molecular formula is C11H18ClN5O. The summed E-state index contributed by atoms with van der Waals surface area (Å²) >= 11 is 5.89. The summed E-state index contributed by atoms with van der Waals surface area (Å²) in [5.41, 5.74) is -0.156. The van der Waals surface area contributed by atoms with Crippen LogP contribution in [0, 0.1) is 0 Å². The van der Waals surface area contributed by atoms with Crippen LogP contribution in [0.3, 0.4) is 0 Å². The second kappa shape index (κ2) is 5.24. The molecule has 1 fully saturated rings. The molecule has 2 heterocycles. The van der Waals surface area contributed by atoms with Crippen molar-refractivity contribution < 1.29 is 4.74 Å². The average Bonchev–Trinajstić information content (AvgIpc) is 2.38. The van der Waals surface area contributed by atoms with Crippen LogP contribution in [-0.4, -0.2) is 47.8 Å². The van der Waals surface area contributed by atoms with Crippen LogP contribution in [0.25, 0.3) is 0 Å². The number of piperidine rings is 1. The monoisotopic (exact) mass is 271 g/mol. The first kappa shape index (κ1) is 13.3. The Morgan fingerprint density at radius 3 is 2.83 bits per heavy atom. The molecule has 2 rings (SSSR count). The number of rotatable bonds is 3. The van der Waals surface area contributed by atoms with Gasteiger partial charge in [0.05, 0.1) is 5.60 Å². The second-order valence-electron chi connectivity index (χ2n) is 4.66. The van der Waals surface area contributed by atoms with Crippen molar-refractivity contribution >= 4 is 23.5 Å². The number of ether oxygens (including phenoxy) is 1. The molecule has 1 saturated heterocycles. The smallest absolute Gasteiger partial charge is 0.231 e. The molecule has 1 aliphatic heterocycles. The zero-order chi connectivity index (χ0) is 13.2. The van der Waals surface area contributed by atoms with Gasteiger partial charge in [0.15, 0.2) is 0 Å². The predicted octanol–water partition coefficient (Wildman–Crippen LogP) is 1.57. The van der Waals surface area contributed by atoms with Gasteiger partial charge in [0.25, 0.3) is 0 Å². The van der Waals surface area contributed by atoms with Crippen molar-refractivity contribution in [1.82, 2.24) is 15.0 Å². The molecule has 1 aromatic heterocycles. The van der Waals surface area contributed by atoms with E-state index in [1.54, 1.807) is 14.2 Å². The third kappa shape index (κ3) is 2.81. The lowest BCUT2D eigenvalue weighted by Crippen LogP contribution is -2.48. The Kier molecular flexibility index (Phi) is 3.87. The number of nitrogens with zero attached hydrogens (tertiary/aromatic N) is 4. The summed E-state index contributed by atoms with van der Waals surface area (Å²) in [6.45, 7) is 3.76. The number of aromatic nitrogens is 3. The van der Waals surface area contributed by atoms with Crippen LogP contribution < -0.4 is 10.2 Å². The molecule has 0 saturated carbocycles. The van der Waals surface area contributed by atoms with Crippen molar-refractivity contribution in [3.63, 3.8) is 0 Å². The molecule has 6 nitrogen and oxygen atoms in total. The highest BCUT2D eigenvalue weighted by Gasteiger charge is 2.32. The van der Waals surface area contributed by atoms with E-state index < -0.39 is 0 Å². The SMILES string of the molecule is CNc1nc(Cl)nc(N2CCCC(C)(OC)C2)n1. The van der Waals surface area contributed by atoms with Gasteiger partial charge in [-0.25, -0.2) is 0 Å². The fraction of sp³-hybridized carbons (Fsp3) is 0.727. The van der Waals surface area contributed by atoms with Gasteiger partial charge in [0.2, 0.25) is 17.2 Å². The summed E-state index contributed by atoms with van der Waals surface area (Å²) in [4.78, 5) is 14.6. The summed E-state index contributed by atoms with van der Waals surface area (Å²) < 4.78 is 5.56. The highest BCUT2D eigenvalue weighted by Crippen LogP contribution is 2.26. The van der Waals surface area contributed by atoms with Gasteiger partial charge in [-0.15, -0.1) is 0 Å². The Morgan fingerprint density at radius 2 is 2.17 bits per heavy atom. The maximum Gasteiger partial charge on any atom is 0.231 e. The number of hydrogen-bond acceptors (Lipinski definition) is 6. The largest absolute Gasteiger partial charge is 0.377 e. The Bertz CT molecular complexity index is 430. The maximum atomic E-state index is 5.89. The minimum absolute atomic E-state index is 0.156. The molecule has 7 heteroatoms. The summed E-state index contributed by atoms with van der Waals surface area (Å²) in [5.74, 6) is 1.08. The fourth-order valence-electron chi connectivity index (χ4n) is 2.14.